The van der Waals surface area contributed by atoms with E-state index in [1.807, 2.05) is 6.07 Å². The van der Waals surface area contributed by atoms with E-state index >= 15 is 0 Å². The molecule has 30 heavy (non-hydrogen) atoms. The van der Waals surface area contributed by atoms with Crippen LogP contribution < -0.4 is 0 Å². The lowest BCUT2D eigenvalue weighted by molar-refractivity contribution is -0.216. The molecule has 2 aromatic carbocycles. The summed E-state index contributed by atoms with van der Waals surface area (Å²) in [7, 11) is 0. The first-order chi connectivity index (χ1) is 14.3. The van der Waals surface area contributed by atoms with Crippen molar-refractivity contribution in [3.8, 4) is 11.8 Å². The van der Waals surface area contributed by atoms with Gasteiger partial charge >= 0.3 is 6.18 Å². The van der Waals surface area contributed by atoms with Crippen LogP contribution in [0.1, 0.15) is 22.6 Å². The maximum atomic E-state index is 13.8. The Hall–Kier alpha value is -3.09. The number of rotatable bonds is 3. The van der Waals surface area contributed by atoms with E-state index in [9.17, 15) is 18.4 Å². The molecule has 1 aliphatic heterocycles. The molecule has 2 atom stereocenters. The van der Waals surface area contributed by atoms with Gasteiger partial charge in [0.15, 0.2) is 0 Å². The van der Waals surface area contributed by atoms with Crippen molar-refractivity contribution in [3.05, 3.63) is 75.8 Å². The number of benzene rings is 2. The highest BCUT2D eigenvalue weighted by atomic mass is 35.5. The van der Waals surface area contributed by atoms with Gasteiger partial charge in [0.25, 0.3) is 0 Å². The van der Waals surface area contributed by atoms with E-state index in [0.717, 1.165) is 0 Å². The van der Waals surface area contributed by atoms with Crippen LogP contribution in [0.25, 0.3) is 5.69 Å². The molecule has 0 fully saturated rings. The predicted molar refractivity (Wildman–Crippen MR) is 103 cm³/mol. The van der Waals surface area contributed by atoms with Crippen molar-refractivity contribution in [3.63, 3.8) is 0 Å². The van der Waals surface area contributed by atoms with Gasteiger partial charge in [-0.2, -0.15) is 23.5 Å². The van der Waals surface area contributed by atoms with Gasteiger partial charge in [-0.15, -0.1) is 0 Å². The van der Waals surface area contributed by atoms with Crippen LogP contribution >= 0.6 is 23.2 Å². The summed E-state index contributed by atoms with van der Waals surface area (Å²) >= 11 is 12.1. The van der Waals surface area contributed by atoms with E-state index in [2.05, 4.69) is 15.2 Å². The monoisotopic (exact) mass is 451 g/mol. The fourth-order valence-corrected chi connectivity index (χ4v) is 3.88. The van der Waals surface area contributed by atoms with Gasteiger partial charge < -0.3 is 4.84 Å². The highest BCUT2D eigenvalue weighted by Gasteiger charge is 2.53. The van der Waals surface area contributed by atoms with Crippen molar-refractivity contribution in [2.24, 2.45) is 5.16 Å². The van der Waals surface area contributed by atoms with Crippen LogP contribution in [0.15, 0.2) is 54.2 Å². The Kier molecular flexibility index (Phi) is 5.13. The zero-order chi connectivity index (χ0) is 21.5. The minimum Gasteiger partial charge on any atom is -0.381 e. The summed E-state index contributed by atoms with van der Waals surface area (Å²) < 4.78 is 42.6. The minimum atomic E-state index is -4.72. The van der Waals surface area contributed by atoms with Gasteiger partial charge in [-0.05, 0) is 29.8 Å². The van der Waals surface area contributed by atoms with Gasteiger partial charge in [0.1, 0.15) is 24.4 Å². The van der Waals surface area contributed by atoms with Gasteiger partial charge in [0.2, 0.25) is 6.10 Å². The van der Waals surface area contributed by atoms with Crippen molar-refractivity contribution in [2.45, 2.75) is 18.2 Å². The van der Waals surface area contributed by atoms with Crippen molar-refractivity contribution in [2.75, 3.05) is 0 Å². The molecule has 0 bridgehead atoms. The number of nitriles is 1. The fraction of sp³-hybridized carbons (Fsp3) is 0.158. The van der Waals surface area contributed by atoms with E-state index < -0.39 is 18.2 Å². The van der Waals surface area contributed by atoms with E-state index in [0.29, 0.717) is 0 Å². The third-order valence-corrected chi connectivity index (χ3v) is 4.95. The van der Waals surface area contributed by atoms with E-state index in [1.165, 1.54) is 47.7 Å². The Balaban J connectivity index is 1.93. The average Bonchev–Trinajstić information content (AvgIpc) is 3.36. The predicted octanol–water partition coefficient (Wildman–Crippen LogP) is 4.89. The van der Waals surface area contributed by atoms with Gasteiger partial charge in [0, 0.05) is 15.6 Å². The summed E-state index contributed by atoms with van der Waals surface area (Å²) in [4.78, 5) is 8.68. The van der Waals surface area contributed by atoms with Crippen molar-refractivity contribution < 1.29 is 18.0 Å². The summed E-state index contributed by atoms with van der Waals surface area (Å²) in [6.07, 6.45) is -4.39. The molecule has 2 unspecified atom stereocenters. The minimum absolute atomic E-state index is 0.0294. The van der Waals surface area contributed by atoms with Gasteiger partial charge in [-0.25, -0.2) is 9.67 Å². The normalized spacial score (nSPS) is 18.6. The summed E-state index contributed by atoms with van der Waals surface area (Å²) in [6.45, 7) is 0. The molecule has 0 amide bonds. The first-order valence-electron chi connectivity index (χ1n) is 8.44. The van der Waals surface area contributed by atoms with Crippen molar-refractivity contribution in [1.29, 1.82) is 5.26 Å². The summed E-state index contributed by atoms with van der Waals surface area (Å²) in [6, 6.07) is 10.8. The number of oxime groups is 1. The second-order valence-corrected chi connectivity index (χ2v) is 7.25. The van der Waals surface area contributed by atoms with E-state index in [4.69, 9.17) is 28.0 Å². The first-order valence-corrected chi connectivity index (χ1v) is 9.20. The fourth-order valence-electron chi connectivity index (χ4n) is 3.34. The highest BCUT2D eigenvalue weighted by molar-refractivity contribution is 6.34. The molecule has 0 spiro atoms. The van der Waals surface area contributed by atoms with E-state index in [-0.39, 0.29) is 38.1 Å². The molecule has 0 aliphatic carbocycles. The van der Waals surface area contributed by atoms with Gasteiger partial charge in [-0.1, -0.05) is 40.5 Å². The lowest BCUT2D eigenvalue weighted by Crippen LogP contribution is -2.36. The average molecular weight is 452 g/mol. The van der Waals surface area contributed by atoms with Crippen molar-refractivity contribution in [1.82, 2.24) is 14.8 Å². The van der Waals surface area contributed by atoms with Crippen LogP contribution in [-0.4, -0.2) is 32.8 Å². The highest BCUT2D eigenvalue weighted by Crippen LogP contribution is 2.43. The SMILES string of the molecule is N#Cc1cccc(C2=NOC(C(F)(F)F)C2c2cc(Cl)cc(Cl)c2)c1-n1cncn1. The molecule has 6 nitrogen and oxygen atoms in total. The molecule has 0 saturated carbocycles. The molecule has 0 radical (unpaired) electrons. The number of nitrogens with zero attached hydrogens (tertiary/aromatic N) is 5. The molecule has 11 heteroatoms. The molecule has 4 rings (SSSR count). The third kappa shape index (κ3) is 3.60. The maximum Gasteiger partial charge on any atom is 0.429 e. The molecule has 0 N–H and O–H groups in total. The lowest BCUT2D eigenvalue weighted by atomic mass is 9.84. The number of halogens is 5. The number of hydrogen-bond acceptors (Lipinski definition) is 5. The standard InChI is InChI=1S/C19H10Cl2F3N5O/c20-12-4-11(5-13(21)6-12)15-16(28-30-18(15)19(22,23)24)14-3-1-2-10(7-25)17(14)29-9-26-8-27-29/h1-6,8-9,15,18H. The quantitative estimate of drug-likeness (QED) is 0.567. The second kappa shape index (κ2) is 7.63. The lowest BCUT2D eigenvalue weighted by Gasteiger charge is -2.23. The van der Waals surface area contributed by atoms with Gasteiger partial charge in [-0.3, -0.25) is 0 Å². The number of alkyl halides is 3. The van der Waals surface area contributed by atoms with Crippen LogP contribution in [0.2, 0.25) is 10.0 Å². The molecule has 2 heterocycles. The van der Waals surface area contributed by atoms with Crippen molar-refractivity contribution >= 4 is 28.9 Å². The smallest absolute Gasteiger partial charge is 0.381 e. The Bertz CT molecular complexity index is 1150. The van der Waals surface area contributed by atoms with E-state index in [1.54, 1.807) is 6.07 Å². The summed E-state index contributed by atoms with van der Waals surface area (Å²) in [5.41, 5.74) is 0.809. The van der Waals surface area contributed by atoms with Gasteiger partial charge in [0.05, 0.1) is 17.2 Å². The maximum absolute atomic E-state index is 13.8. The molecule has 3 aromatic rings. The number of aromatic nitrogens is 3. The number of hydrogen-bond donors (Lipinski definition) is 0. The molecule has 1 aromatic heterocycles. The summed E-state index contributed by atoms with van der Waals surface area (Å²) in [5.74, 6) is -1.36. The molecule has 152 valence electrons. The van der Waals surface area contributed by atoms with Crippen LogP contribution in [-0.2, 0) is 4.84 Å². The Morgan fingerprint density at radius 3 is 2.47 bits per heavy atom. The largest absolute Gasteiger partial charge is 0.429 e. The van der Waals surface area contributed by atoms with Crippen LogP contribution in [0.5, 0.6) is 0 Å². The third-order valence-electron chi connectivity index (χ3n) is 4.51. The van der Waals surface area contributed by atoms with Crippen LogP contribution in [0.3, 0.4) is 0 Å². The zero-order valence-corrected chi connectivity index (χ0v) is 16.3. The molecular weight excluding hydrogens is 442 g/mol. The number of para-hydroxylation sites is 1. The van der Waals surface area contributed by atoms with Crippen LogP contribution in [0.4, 0.5) is 13.2 Å². The molecule has 1 aliphatic rings. The molecular formula is C19H10Cl2F3N5O. The summed E-state index contributed by atoms with van der Waals surface area (Å²) in [5, 5.41) is 17.6. The Morgan fingerprint density at radius 2 is 1.87 bits per heavy atom. The molecule has 0 saturated heterocycles. The Morgan fingerprint density at radius 1 is 1.13 bits per heavy atom. The first kappa shape index (κ1) is 20.2. The topological polar surface area (TPSA) is 76.1 Å². The Labute approximate surface area is 178 Å². The second-order valence-electron chi connectivity index (χ2n) is 6.38. The van der Waals surface area contributed by atoms with Crippen LogP contribution in [0, 0.1) is 11.3 Å². The zero-order valence-electron chi connectivity index (χ0n) is 14.8.